The summed E-state index contributed by atoms with van der Waals surface area (Å²) in [4.78, 5) is 12.4. The number of hydrogen-bond donors (Lipinski definition) is 0. The highest BCUT2D eigenvalue weighted by Gasteiger charge is 2.37. The lowest BCUT2D eigenvalue weighted by atomic mass is 9.69. The monoisotopic (exact) mass is 214 g/mol. The van der Waals surface area contributed by atoms with Gasteiger partial charge in [-0.15, -0.1) is 6.58 Å². The second-order valence-electron chi connectivity index (χ2n) is 5.18. The third-order valence-corrected chi connectivity index (χ3v) is 3.45. The molecule has 0 aromatic heterocycles. The van der Waals surface area contributed by atoms with E-state index in [4.69, 9.17) is 0 Å². The molecule has 84 valence electrons. The topological polar surface area (TPSA) is 17.1 Å². The largest absolute Gasteiger partial charge is 0.294 e. The zero-order valence-electron chi connectivity index (χ0n) is 10.0. The summed E-state index contributed by atoms with van der Waals surface area (Å²) in [6, 6.07) is 7.97. The van der Waals surface area contributed by atoms with E-state index in [1.807, 2.05) is 25.1 Å². The van der Waals surface area contributed by atoms with E-state index in [1.54, 1.807) is 0 Å². The van der Waals surface area contributed by atoms with E-state index in [0.29, 0.717) is 0 Å². The Morgan fingerprint density at radius 3 is 2.81 bits per heavy atom. The van der Waals surface area contributed by atoms with Crippen LogP contribution in [-0.4, -0.2) is 5.78 Å². The third kappa shape index (κ3) is 1.82. The molecule has 0 radical (unpaired) electrons. The standard InChI is InChI=1S/C15H18O/c1-11(2)10-15(3)9-8-12-6-4-5-7-13(12)14(15)16/h4-7H,1,8-10H2,2-3H3/t15-/m0/s1. The van der Waals surface area contributed by atoms with Gasteiger partial charge in [-0.2, -0.15) is 0 Å². The number of benzene rings is 1. The van der Waals surface area contributed by atoms with Crippen LogP contribution >= 0.6 is 0 Å². The van der Waals surface area contributed by atoms with Crippen LogP contribution in [0.15, 0.2) is 36.4 Å². The minimum atomic E-state index is -0.236. The molecule has 0 saturated heterocycles. The highest BCUT2D eigenvalue weighted by Crippen LogP contribution is 2.39. The second kappa shape index (κ2) is 3.89. The quantitative estimate of drug-likeness (QED) is 0.684. The number of rotatable bonds is 2. The molecule has 0 amide bonds. The Morgan fingerprint density at radius 1 is 1.44 bits per heavy atom. The highest BCUT2D eigenvalue weighted by molar-refractivity contribution is 6.02. The smallest absolute Gasteiger partial charge is 0.169 e. The molecule has 16 heavy (non-hydrogen) atoms. The second-order valence-corrected chi connectivity index (χ2v) is 5.18. The molecule has 0 fully saturated rings. The van der Waals surface area contributed by atoms with Crippen molar-refractivity contribution in [3.63, 3.8) is 0 Å². The number of aryl methyl sites for hydroxylation is 1. The molecule has 1 heteroatoms. The van der Waals surface area contributed by atoms with Crippen molar-refractivity contribution >= 4 is 5.78 Å². The summed E-state index contributed by atoms with van der Waals surface area (Å²) in [7, 11) is 0. The normalized spacial score (nSPS) is 24.0. The van der Waals surface area contributed by atoms with Gasteiger partial charge in [-0.3, -0.25) is 4.79 Å². The van der Waals surface area contributed by atoms with Crippen LogP contribution in [0.5, 0.6) is 0 Å². The van der Waals surface area contributed by atoms with E-state index < -0.39 is 0 Å². The van der Waals surface area contributed by atoms with Crippen molar-refractivity contribution in [3.8, 4) is 0 Å². The van der Waals surface area contributed by atoms with Gasteiger partial charge < -0.3 is 0 Å². The van der Waals surface area contributed by atoms with E-state index in [9.17, 15) is 4.79 Å². The molecule has 0 unspecified atom stereocenters. The Balaban J connectivity index is 2.37. The van der Waals surface area contributed by atoms with E-state index in [1.165, 1.54) is 5.56 Å². The summed E-state index contributed by atoms with van der Waals surface area (Å²) in [6.45, 7) is 8.00. The average Bonchev–Trinajstić information content (AvgIpc) is 2.24. The summed E-state index contributed by atoms with van der Waals surface area (Å²) >= 11 is 0. The Bertz CT molecular complexity index is 445. The zero-order valence-corrected chi connectivity index (χ0v) is 10.0. The van der Waals surface area contributed by atoms with Gasteiger partial charge in [0, 0.05) is 11.0 Å². The third-order valence-electron chi connectivity index (χ3n) is 3.45. The molecule has 0 heterocycles. The van der Waals surface area contributed by atoms with Crippen molar-refractivity contribution in [2.75, 3.05) is 0 Å². The molecule has 0 saturated carbocycles. The predicted molar refractivity (Wildman–Crippen MR) is 66.6 cm³/mol. The average molecular weight is 214 g/mol. The first-order valence-corrected chi connectivity index (χ1v) is 5.80. The van der Waals surface area contributed by atoms with Gasteiger partial charge in [0.1, 0.15) is 0 Å². The van der Waals surface area contributed by atoms with Gasteiger partial charge >= 0.3 is 0 Å². The van der Waals surface area contributed by atoms with Crippen LogP contribution in [0, 0.1) is 5.41 Å². The maximum atomic E-state index is 12.4. The fraction of sp³-hybridized carbons (Fsp3) is 0.400. The first-order valence-electron chi connectivity index (χ1n) is 5.80. The Morgan fingerprint density at radius 2 is 2.12 bits per heavy atom. The van der Waals surface area contributed by atoms with Crippen LogP contribution in [0.1, 0.15) is 42.6 Å². The molecule has 1 aliphatic rings. The van der Waals surface area contributed by atoms with Gasteiger partial charge in [0.25, 0.3) is 0 Å². The van der Waals surface area contributed by atoms with Gasteiger partial charge in [-0.1, -0.05) is 36.8 Å². The van der Waals surface area contributed by atoms with E-state index in [0.717, 1.165) is 30.4 Å². The maximum absolute atomic E-state index is 12.4. The molecule has 0 aliphatic heterocycles. The van der Waals surface area contributed by atoms with Crippen molar-refractivity contribution in [2.45, 2.75) is 33.1 Å². The zero-order chi connectivity index (χ0) is 11.8. The number of carbonyl (C=O) groups excluding carboxylic acids is 1. The highest BCUT2D eigenvalue weighted by atomic mass is 16.1. The van der Waals surface area contributed by atoms with Gasteiger partial charge in [0.15, 0.2) is 5.78 Å². The van der Waals surface area contributed by atoms with Crippen molar-refractivity contribution < 1.29 is 4.79 Å². The molecule has 1 atom stereocenters. The number of carbonyl (C=O) groups is 1. The Labute approximate surface area is 97.2 Å². The molecule has 1 nitrogen and oxygen atoms in total. The number of hydrogen-bond acceptors (Lipinski definition) is 1. The molecular formula is C15H18O. The number of Topliss-reactive ketones (excluding diaryl/α,β-unsaturated/α-hetero) is 1. The first kappa shape index (κ1) is 11.1. The molecule has 0 bridgehead atoms. The first-order chi connectivity index (χ1) is 7.53. The van der Waals surface area contributed by atoms with Gasteiger partial charge in [0.05, 0.1) is 0 Å². The van der Waals surface area contributed by atoms with Crippen molar-refractivity contribution in [1.29, 1.82) is 0 Å². The van der Waals surface area contributed by atoms with Crippen LogP contribution in [0.2, 0.25) is 0 Å². The van der Waals surface area contributed by atoms with Crippen LogP contribution in [-0.2, 0) is 6.42 Å². The van der Waals surface area contributed by atoms with Crippen molar-refractivity contribution in [2.24, 2.45) is 5.41 Å². The van der Waals surface area contributed by atoms with Crippen LogP contribution in [0.3, 0.4) is 0 Å². The lowest BCUT2D eigenvalue weighted by Gasteiger charge is -2.33. The van der Waals surface area contributed by atoms with Crippen LogP contribution in [0.25, 0.3) is 0 Å². The molecule has 1 aliphatic carbocycles. The predicted octanol–water partition coefficient (Wildman–Crippen LogP) is 3.79. The Hall–Kier alpha value is -1.37. The Kier molecular flexibility index (Phi) is 2.71. The van der Waals surface area contributed by atoms with E-state index in [2.05, 4.69) is 19.6 Å². The number of ketones is 1. The lowest BCUT2D eigenvalue weighted by Crippen LogP contribution is -2.33. The number of fused-ring (bicyclic) bond motifs is 1. The van der Waals surface area contributed by atoms with Gasteiger partial charge in [-0.25, -0.2) is 0 Å². The minimum Gasteiger partial charge on any atom is -0.294 e. The SMILES string of the molecule is C=C(C)C[C@]1(C)CCc2ccccc2C1=O. The fourth-order valence-corrected chi connectivity index (χ4v) is 2.64. The molecule has 0 N–H and O–H groups in total. The van der Waals surface area contributed by atoms with Crippen molar-refractivity contribution in [1.82, 2.24) is 0 Å². The molecule has 1 aromatic carbocycles. The molecule has 2 rings (SSSR count). The summed E-state index contributed by atoms with van der Waals surface area (Å²) < 4.78 is 0. The van der Waals surface area contributed by atoms with Gasteiger partial charge in [0.2, 0.25) is 0 Å². The summed E-state index contributed by atoms with van der Waals surface area (Å²) in [5.41, 5.74) is 2.97. The van der Waals surface area contributed by atoms with Crippen LogP contribution < -0.4 is 0 Å². The van der Waals surface area contributed by atoms with E-state index in [-0.39, 0.29) is 11.2 Å². The summed E-state index contributed by atoms with van der Waals surface area (Å²) in [5, 5.41) is 0. The lowest BCUT2D eigenvalue weighted by molar-refractivity contribution is 0.0784. The molecule has 0 spiro atoms. The van der Waals surface area contributed by atoms with Crippen molar-refractivity contribution in [3.05, 3.63) is 47.5 Å². The number of allylic oxidation sites excluding steroid dienone is 1. The fourth-order valence-electron chi connectivity index (χ4n) is 2.64. The summed E-state index contributed by atoms with van der Waals surface area (Å²) in [6.07, 6.45) is 2.75. The van der Waals surface area contributed by atoms with Crippen LogP contribution in [0.4, 0.5) is 0 Å². The van der Waals surface area contributed by atoms with Gasteiger partial charge in [-0.05, 0) is 31.7 Å². The molecule has 1 aromatic rings. The maximum Gasteiger partial charge on any atom is 0.169 e. The molecular weight excluding hydrogens is 196 g/mol. The minimum absolute atomic E-state index is 0.236. The van der Waals surface area contributed by atoms with E-state index >= 15 is 0 Å². The summed E-state index contributed by atoms with van der Waals surface area (Å²) in [5.74, 6) is 0.289.